The number of carbonyl (C=O) groups is 1. The lowest BCUT2D eigenvalue weighted by molar-refractivity contribution is 0.0963. The standard InChI is InChI=1S/C25H29N7O2/c1-16-6-7-32-23(16)22-20(29-25(32)34)12-17(14-28-22)15-30-8-10-31(11-9-30)21-5-4-18(24(33)27-3)13-19(21)26-2/h4-7,12-14,26H,8-11,15H2,1-3H3,(H,27,33)(H,29,34). The van der Waals surface area contributed by atoms with Crippen LogP contribution in [0.5, 0.6) is 0 Å². The van der Waals surface area contributed by atoms with E-state index in [0.29, 0.717) is 5.56 Å². The van der Waals surface area contributed by atoms with Crippen molar-refractivity contribution >= 4 is 33.8 Å². The molecule has 1 amide bonds. The number of benzene rings is 1. The van der Waals surface area contributed by atoms with Gasteiger partial charge in [-0.1, -0.05) is 0 Å². The lowest BCUT2D eigenvalue weighted by Crippen LogP contribution is -2.46. The second-order valence-electron chi connectivity index (χ2n) is 8.71. The zero-order valence-electron chi connectivity index (χ0n) is 19.7. The maximum absolute atomic E-state index is 12.4. The molecule has 0 radical (unpaired) electrons. The summed E-state index contributed by atoms with van der Waals surface area (Å²) in [6.07, 6.45) is 3.69. The van der Waals surface area contributed by atoms with E-state index in [2.05, 4.69) is 25.4 Å². The van der Waals surface area contributed by atoms with Crippen molar-refractivity contribution in [3.05, 3.63) is 69.9 Å². The number of aryl methyl sites for hydroxylation is 1. The van der Waals surface area contributed by atoms with E-state index in [1.165, 1.54) is 0 Å². The summed E-state index contributed by atoms with van der Waals surface area (Å²) in [6, 6.07) is 9.75. The normalized spacial score (nSPS) is 14.6. The van der Waals surface area contributed by atoms with E-state index >= 15 is 0 Å². The molecule has 4 aromatic rings. The van der Waals surface area contributed by atoms with E-state index in [4.69, 9.17) is 4.98 Å². The fourth-order valence-electron chi connectivity index (χ4n) is 4.76. The summed E-state index contributed by atoms with van der Waals surface area (Å²) in [6.45, 7) is 6.36. The topological polar surface area (TPSA) is 97.8 Å². The van der Waals surface area contributed by atoms with Gasteiger partial charge < -0.3 is 20.5 Å². The Balaban J connectivity index is 1.30. The smallest absolute Gasteiger partial charge is 0.330 e. The average molecular weight is 460 g/mol. The molecule has 1 aliphatic rings. The number of aromatic nitrogens is 3. The molecular weight excluding hydrogens is 430 g/mol. The number of pyridine rings is 1. The molecule has 0 aliphatic carbocycles. The summed E-state index contributed by atoms with van der Waals surface area (Å²) in [5.74, 6) is -0.0916. The van der Waals surface area contributed by atoms with Crippen molar-refractivity contribution in [1.29, 1.82) is 0 Å². The number of rotatable bonds is 5. The number of nitrogens with zero attached hydrogens (tertiary/aromatic N) is 4. The summed E-state index contributed by atoms with van der Waals surface area (Å²) >= 11 is 0. The molecule has 1 aliphatic heterocycles. The van der Waals surface area contributed by atoms with E-state index in [9.17, 15) is 9.59 Å². The first-order valence-corrected chi connectivity index (χ1v) is 11.5. The monoisotopic (exact) mass is 459 g/mol. The number of hydrogen-bond acceptors (Lipinski definition) is 6. The maximum Gasteiger partial charge on any atom is 0.330 e. The summed E-state index contributed by atoms with van der Waals surface area (Å²) in [5, 5.41) is 5.90. The number of carbonyl (C=O) groups excluding carboxylic acids is 1. The van der Waals surface area contributed by atoms with Gasteiger partial charge in [-0.3, -0.25) is 19.1 Å². The van der Waals surface area contributed by atoms with Crippen LogP contribution in [-0.2, 0) is 6.54 Å². The van der Waals surface area contributed by atoms with E-state index in [0.717, 1.165) is 71.8 Å². The highest BCUT2D eigenvalue weighted by Gasteiger charge is 2.20. The van der Waals surface area contributed by atoms with Gasteiger partial charge in [-0.2, -0.15) is 0 Å². The van der Waals surface area contributed by atoms with Crippen molar-refractivity contribution in [2.24, 2.45) is 0 Å². The number of amides is 1. The van der Waals surface area contributed by atoms with Crippen LogP contribution in [0.3, 0.4) is 0 Å². The number of fused-ring (bicyclic) bond motifs is 3. The molecule has 3 N–H and O–H groups in total. The Morgan fingerprint density at radius 1 is 1.12 bits per heavy atom. The Bertz CT molecular complexity index is 1430. The van der Waals surface area contributed by atoms with Crippen LogP contribution in [0, 0.1) is 6.92 Å². The number of nitrogens with one attached hydrogen (secondary N) is 3. The van der Waals surface area contributed by atoms with Crippen molar-refractivity contribution in [1.82, 2.24) is 24.6 Å². The van der Waals surface area contributed by atoms with Crippen LogP contribution in [0.4, 0.5) is 11.4 Å². The summed E-state index contributed by atoms with van der Waals surface area (Å²) in [5.41, 5.74) is 7.11. The zero-order valence-corrected chi connectivity index (χ0v) is 19.7. The van der Waals surface area contributed by atoms with Crippen LogP contribution in [0.2, 0.25) is 0 Å². The zero-order chi connectivity index (χ0) is 23.8. The van der Waals surface area contributed by atoms with Gasteiger partial charge >= 0.3 is 5.69 Å². The van der Waals surface area contributed by atoms with Gasteiger partial charge in [0.2, 0.25) is 0 Å². The van der Waals surface area contributed by atoms with E-state index in [1.54, 1.807) is 17.6 Å². The van der Waals surface area contributed by atoms with Crippen LogP contribution in [0.15, 0.2) is 47.5 Å². The molecule has 0 unspecified atom stereocenters. The third-order valence-corrected chi connectivity index (χ3v) is 6.59. The lowest BCUT2D eigenvalue weighted by atomic mass is 10.1. The van der Waals surface area contributed by atoms with Gasteiger partial charge in [-0.05, 0) is 48.4 Å². The van der Waals surface area contributed by atoms with Crippen molar-refractivity contribution < 1.29 is 4.79 Å². The average Bonchev–Trinajstić information content (AvgIpc) is 3.26. The molecule has 1 aromatic carbocycles. The highest BCUT2D eigenvalue weighted by Crippen LogP contribution is 2.28. The minimum Gasteiger partial charge on any atom is -0.386 e. The second kappa shape index (κ2) is 8.83. The fourth-order valence-corrected chi connectivity index (χ4v) is 4.76. The van der Waals surface area contributed by atoms with E-state index in [-0.39, 0.29) is 11.6 Å². The fraction of sp³-hybridized carbons (Fsp3) is 0.320. The predicted molar refractivity (Wildman–Crippen MR) is 135 cm³/mol. The summed E-state index contributed by atoms with van der Waals surface area (Å²) in [4.78, 5) is 36.8. The van der Waals surface area contributed by atoms with E-state index in [1.807, 2.05) is 50.5 Å². The van der Waals surface area contributed by atoms with Crippen molar-refractivity contribution in [2.75, 3.05) is 50.5 Å². The molecule has 5 rings (SSSR count). The quantitative estimate of drug-likeness (QED) is 0.423. The van der Waals surface area contributed by atoms with E-state index < -0.39 is 0 Å². The van der Waals surface area contributed by atoms with Gasteiger partial charge in [0.05, 0.1) is 22.4 Å². The number of hydrogen-bond donors (Lipinski definition) is 3. The number of piperazine rings is 1. The predicted octanol–water partition coefficient (Wildman–Crippen LogP) is 2.21. The van der Waals surface area contributed by atoms with Crippen LogP contribution < -0.4 is 21.2 Å². The molecular formula is C25H29N7O2. The Kier molecular flexibility index (Phi) is 5.70. The largest absolute Gasteiger partial charge is 0.386 e. The maximum atomic E-state index is 12.4. The molecule has 9 nitrogen and oxygen atoms in total. The van der Waals surface area contributed by atoms with Crippen molar-refractivity contribution in [2.45, 2.75) is 13.5 Å². The number of aromatic amines is 1. The Labute approximate surface area is 197 Å². The molecule has 34 heavy (non-hydrogen) atoms. The lowest BCUT2D eigenvalue weighted by Gasteiger charge is -2.37. The number of anilines is 2. The van der Waals surface area contributed by atoms with Gasteiger partial charge in [-0.15, -0.1) is 0 Å². The van der Waals surface area contributed by atoms with Gasteiger partial charge in [0.25, 0.3) is 5.91 Å². The molecule has 0 saturated carbocycles. The third kappa shape index (κ3) is 3.88. The summed E-state index contributed by atoms with van der Waals surface area (Å²) in [7, 11) is 3.52. The van der Waals surface area contributed by atoms with Gasteiger partial charge in [0, 0.05) is 64.8 Å². The number of H-pyrrole nitrogens is 1. The minimum atomic E-state index is -0.147. The first-order chi connectivity index (χ1) is 16.5. The van der Waals surface area contributed by atoms with Crippen molar-refractivity contribution in [3.63, 3.8) is 0 Å². The Hall–Kier alpha value is -3.85. The van der Waals surface area contributed by atoms with Gasteiger partial charge in [-0.25, -0.2) is 4.79 Å². The minimum absolute atomic E-state index is 0.0916. The molecule has 0 spiro atoms. The summed E-state index contributed by atoms with van der Waals surface area (Å²) < 4.78 is 1.62. The van der Waals surface area contributed by atoms with Crippen molar-refractivity contribution in [3.8, 4) is 0 Å². The van der Waals surface area contributed by atoms with Gasteiger partial charge in [0.1, 0.15) is 5.52 Å². The molecule has 9 heteroatoms. The van der Waals surface area contributed by atoms with Crippen LogP contribution in [-0.4, -0.2) is 65.5 Å². The Morgan fingerprint density at radius 3 is 2.65 bits per heavy atom. The highest BCUT2D eigenvalue weighted by molar-refractivity contribution is 5.96. The third-order valence-electron chi connectivity index (χ3n) is 6.59. The molecule has 0 bridgehead atoms. The molecule has 1 fully saturated rings. The van der Waals surface area contributed by atoms with Crippen LogP contribution in [0.25, 0.3) is 16.6 Å². The second-order valence-corrected chi connectivity index (χ2v) is 8.71. The highest BCUT2D eigenvalue weighted by atomic mass is 16.1. The van der Waals surface area contributed by atoms with Gasteiger partial charge in [0.15, 0.2) is 0 Å². The van der Waals surface area contributed by atoms with Crippen LogP contribution in [0.1, 0.15) is 21.5 Å². The SMILES string of the molecule is CNC(=O)c1ccc(N2CCN(Cc3cnc4c(c3)[nH]c(=O)n3ccc(C)c43)CC2)c(NC)c1. The first-order valence-electron chi connectivity index (χ1n) is 11.5. The van der Waals surface area contributed by atoms with Crippen LogP contribution >= 0.6 is 0 Å². The molecule has 176 valence electrons. The molecule has 3 aromatic heterocycles. The first kappa shape index (κ1) is 22.0. The molecule has 4 heterocycles. The molecule has 1 saturated heterocycles. The Morgan fingerprint density at radius 2 is 1.91 bits per heavy atom. The molecule has 0 atom stereocenters.